The predicted octanol–water partition coefficient (Wildman–Crippen LogP) is 4.03. The highest BCUT2D eigenvalue weighted by Gasteiger charge is 2.55. The molecule has 2 aliphatic heterocycles. The molecule has 0 saturated carbocycles. The van der Waals surface area contributed by atoms with Crippen molar-refractivity contribution in [3.63, 3.8) is 0 Å². The van der Waals surface area contributed by atoms with E-state index in [0.29, 0.717) is 20.3 Å². The minimum absolute atomic E-state index is 0.176. The Labute approximate surface area is 166 Å². The fourth-order valence-electron chi connectivity index (χ4n) is 3.26. The minimum atomic E-state index is -0.515. The van der Waals surface area contributed by atoms with Crippen LogP contribution in [0.2, 0.25) is 10.0 Å². The number of rotatable bonds is 2. The van der Waals surface area contributed by atoms with Crippen LogP contribution in [0.25, 0.3) is 0 Å². The summed E-state index contributed by atoms with van der Waals surface area (Å²) in [5.74, 6) is 0. The van der Waals surface area contributed by atoms with Gasteiger partial charge in [-0.3, -0.25) is 0 Å². The average molecular weight is 409 g/mol. The number of nitrogens with zero attached hydrogens (tertiary/aromatic N) is 2. The molecule has 0 bridgehead atoms. The lowest BCUT2D eigenvalue weighted by atomic mass is 9.90. The van der Waals surface area contributed by atoms with Crippen LogP contribution in [0.15, 0.2) is 48.5 Å². The highest BCUT2D eigenvalue weighted by molar-refractivity contribution is 7.81. The predicted molar refractivity (Wildman–Crippen MR) is 110 cm³/mol. The SMILES string of the molecule is C[C@@]1(c2ccc(Cl)c(Cl)c2)NC(=S)N2[C@H]1NC(=S)N2c1ccccc1. The fourth-order valence-corrected chi connectivity index (χ4v) is 4.26. The third-order valence-electron chi connectivity index (χ3n) is 4.55. The van der Waals surface area contributed by atoms with Gasteiger partial charge >= 0.3 is 0 Å². The van der Waals surface area contributed by atoms with Crippen molar-refractivity contribution in [2.45, 2.75) is 18.6 Å². The Bertz CT molecular complexity index is 876. The van der Waals surface area contributed by atoms with Crippen LogP contribution in [0.3, 0.4) is 0 Å². The molecule has 2 fully saturated rings. The number of benzene rings is 2. The van der Waals surface area contributed by atoms with E-state index >= 15 is 0 Å². The molecule has 2 aromatic rings. The van der Waals surface area contributed by atoms with Crippen LogP contribution in [0.5, 0.6) is 0 Å². The summed E-state index contributed by atoms with van der Waals surface area (Å²) in [7, 11) is 0. The second kappa shape index (κ2) is 5.99. The Balaban J connectivity index is 1.77. The van der Waals surface area contributed by atoms with Gasteiger partial charge < -0.3 is 10.6 Å². The normalized spacial score (nSPS) is 25.0. The van der Waals surface area contributed by atoms with Crippen molar-refractivity contribution in [2.75, 3.05) is 5.01 Å². The van der Waals surface area contributed by atoms with Crippen molar-refractivity contribution in [1.29, 1.82) is 0 Å². The highest BCUT2D eigenvalue weighted by Crippen LogP contribution is 2.39. The van der Waals surface area contributed by atoms with Crippen molar-refractivity contribution < 1.29 is 0 Å². The number of para-hydroxylation sites is 1. The van der Waals surface area contributed by atoms with Crippen LogP contribution in [-0.2, 0) is 5.54 Å². The molecule has 2 saturated heterocycles. The molecule has 0 spiro atoms. The Kier molecular flexibility index (Phi) is 4.03. The van der Waals surface area contributed by atoms with Gasteiger partial charge in [-0.05, 0) is 61.2 Å². The summed E-state index contributed by atoms with van der Waals surface area (Å²) in [5.41, 5.74) is 1.41. The van der Waals surface area contributed by atoms with E-state index in [2.05, 4.69) is 17.6 Å². The molecule has 2 atom stereocenters. The number of fused-ring (bicyclic) bond motifs is 1. The van der Waals surface area contributed by atoms with E-state index in [1.807, 2.05) is 52.5 Å². The molecule has 4 rings (SSSR count). The second-order valence-electron chi connectivity index (χ2n) is 6.11. The first-order chi connectivity index (χ1) is 11.9. The summed E-state index contributed by atoms with van der Waals surface area (Å²) in [5, 5.41) is 12.9. The average Bonchev–Trinajstić information content (AvgIpc) is 3.06. The lowest BCUT2D eigenvalue weighted by molar-refractivity contribution is 0.264. The van der Waals surface area contributed by atoms with Crippen molar-refractivity contribution in [3.8, 4) is 0 Å². The summed E-state index contributed by atoms with van der Waals surface area (Å²) < 4.78 is 0. The molecule has 0 aliphatic carbocycles. The first-order valence-electron chi connectivity index (χ1n) is 7.64. The van der Waals surface area contributed by atoms with Gasteiger partial charge in [0.15, 0.2) is 16.4 Å². The van der Waals surface area contributed by atoms with E-state index in [-0.39, 0.29) is 6.17 Å². The zero-order valence-electron chi connectivity index (χ0n) is 13.2. The van der Waals surface area contributed by atoms with Crippen molar-refractivity contribution in [1.82, 2.24) is 15.6 Å². The number of hydrazine groups is 1. The van der Waals surface area contributed by atoms with Crippen LogP contribution in [-0.4, -0.2) is 21.4 Å². The molecule has 0 radical (unpaired) electrons. The van der Waals surface area contributed by atoms with Gasteiger partial charge in [0.25, 0.3) is 0 Å². The lowest BCUT2D eigenvalue weighted by Gasteiger charge is -2.31. The van der Waals surface area contributed by atoms with E-state index in [1.165, 1.54) is 0 Å². The molecule has 2 aromatic carbocycles. The third kappa shape index (κ3) is 2.56. The fraction of sp³-hybridized carbons (Fsp3) is 0.176. The van der Waals surface area contributed by atoms with E-state index in [0.717, 1.165) is 11.3 Å². The topological polar surface area (TPSA) is 30.5 Å². The highest BCUT2D eigenvalue weighted by atomic mass is 35.5. The molecule has 0 unspecified atom stereocenters. The zero-order valence-corrected chi connectivity index (χ0v) is 16.3. The molecule has 0 amide bonds. The molecule has 2 aliphatic rings. The maximum absolute atomic E-state index is 6.22. The van der Waals surface area contributed by atoms with E-state index in [9.17, 15) is 0 Å². The molecule has 4 nitrogen and oxygen atoms in total. The third-order valence-corrected chi connectivity index (χ3v) is 5.87. The number of nitrogens with one attached hydrogen (secondary N) is 2. The standard InChI is InChI=1S/C17H14Cl2N4S2/c1-17(10-7-8-12(18)13(19)9-10)14-20-15(24)22(23(14)16(25)21-17)11-5-3-2-4-6-11/h2-9,14H,1H3,(H,20,24)(H,21,25)/t14-,17+/m1/s1. The molecule has 128 valence electrons. The van der Waals surface area contributed by atoms with Crippen molar-refractivity contribution >= 4 is 63.5 Å². The quantitative estimate of drug-likeness (QED) is 0.729. The van der Waals surface area contributed by atoms with Gasteiger partial charge in [0, 0.05) is 0 Å². The number of anilines is 1. The van der Waals surface area contributed by atoms with Gasteiger partial charge in [-0.15, -0.1) is 0 Å². The van der Waals surface area contributed by atoms with E-state index in [4.69, 9.17) is 47.6 Å². The number of hydrogen-bond acceptors (Lipinski definition) is 2. The molecular formula is C17H14Cl2N4S2. The zero-order chi connectivity index (χ0) is 17.8. The molecule has 2 heterocycles. The Morgan fingerprint density at radius 1 is 1.00 bits per heavy atom. The molecule has 0 aromatic heterocycles. The molecule has 2 N–H and O–H groups in total. The van der Waals surface area contributed by atoms with Gasteiger partial charge in [0.05, 0.1) is 15.7 Å². The first kappa shape index (κ1) is 16.8. The van der Waals surface area contributed by atoms with Crippen LogP contribution >= 0.6 is 47.6 Å². The maximum atomic E-state index is 6.22. The maximum Gasteiger partial charge on any atom is 0.194 e. The number of thiocarbonyl (C=S) groups is 2. The van der Waals surface area contributed by atoms with Gasteiger partial charge in [-0.1, -0.05) is 47.5 Å². The largest absolute Gasteiger partial charge is 0.348 e. The number of hydrogen-bond donors (Lipinski definition) is 2. The van der Waals surface area contributed by atoms with Gasteiger partial charge in [0.2, 0.25) is 0 Å². The van der Waals surface area contributed by atoms with Gasteiger partial charge in [-0.2, -0.15) is 0 Å². The van der Waals surface area contributed by atoms with Crippen LogP contribution in [0.1, 0.15) is 12.5 Å². The summed E-state index contributed by atoms with van der Waals surface area (Å²) in [4.78, 5) is 0. The van der Waals surface area contributed by atoms with Crippen molar-refractivity contribution in [3.05, 3.63) is 64.1 Å². The van der Waals surface area contributed by atoms with Crippen molar-refractivity contribution in [2.24, 2.45) is 0 Å². The van der Waals surface area contributed by atoms with Gasteiger partial charge in [0.1, 0.15) is 5.54 Å². The Morgan fingerprint density at radius 3 is 2.40 bits per heavy atom. The smallest absolute Gasteiger partial charge is 0.194 e. The Morgan fingerprint density at radius 2 is 1.72 bits per heavy atom. The summed E-state index contributed by atoms with van der Waals surface area (Å²) in [6.45, 7) is 2.06. The monoisotopic (exact) mass is 408 g/mol. The summed E-state index contributed by atoms with van der Waals surface area (Å²) in [6, 6.07) is 15.5. The Hall–Kier alpha value is -1.60. The second-order valence-corrected chi connectivity index (χ2v) is 7.69. The molecule has 25 heavy (non-hydrogen) atoms. The summed E-state index contributed by atoms with van der Waals surface area (Å²) in [6.07, 6.45) is -0.176. The van der Waals surface area contributed by atoms with Gasteiger partial charge in [-0.25, -0.2) is 10.0 Å². The van der Waals surface area contributed by atoms with Crippen LogP contribution < -0.4 is 15.6 Å². The van der Waals surface area contributed by atoms with Crippen LogP contribution in [0, 0.1) is 0 Å². The van der Waals surface area contributed by atoms with E-state index < -0.39 is 5.54 Å². The van der Waals surface area contributed by atoms with Crippen LogP contribution in [0.4, 0.5) is 5.69 Å². The van der Waals surface area contributed by atoms with E-state index in [1.54, 1.807) is 6.07 Å². The lowest BCUT2D eigenvalue weighted by Crippen LogP contribution is -2.49. The molecular weight excluding hydrogens is 395 g/mol. The minimum Gasteiger partial charge on any atom is -0.348 e. The molecule has 8 heteroatoms. The summed E-state index contributed by atoms with van der Waals surface area (Å²) >= 11 is 23.5. The number of halogens is 2. The first-order valence-corrected chi connectivity index (χ1v) is 9.21.